The predicted octanol–water partition coefficient (Wildman–Crippen LogP) is 0.562. The molecule has 4 unspecified atom stereocenters. The number of aliphatic hydroxyl groups excluding tert-OH is 1. The number of nitrogen functional groups attached to an aromatic ring is 1. The highest BCUT2D eigenvalue weighted by Crippen LogP contribution is 2.42. The number of nitrogens with one attached hydrogen (secondary N) is 3. The van der Waals surface area contributed by atoms with E-state index >= 15 is 0 Å². The molecular formula is C33H42F2N6O9. The van der Waals surface area contributed by atoms with E-state index in [1.54, 1.807) is 30.3 Å². The molecule has 0 bridgehead atoms. The molecule has 15 nitrogen and oxygen atoms in total. The SMILES string of the molecule is C=C(C)C(=O)NCC(=O)NC(Cc1ccccc1)C(=O)NC(CC(C)C)C(=O)CCC(=O)OC[C@@H]1OC(n2ccc(N)nc2=O)C(F)(F)C1O. The maximum atomic E-state index is 14.8. The van der Waals surface area contributed by atoms with Gasteiger partial charge in [0.15, 0.2) is 11.9 Å². The molecule has 272 valence electrons. The van der Waals surface area contributed by atoms with E-state index in [1.807, 2.05) is 13.8 Å². The average Bonchev–Trinajstić information content (AvgIpc) is 3.28. The first-order valence-corrected chi connectivity index (χ1v) is 15.8. The van der Waals surface area contributed by atoms with Crippen LogP contribution in [0.1, 0.15) is 51.8 Å². The number of carbonyl (C=O) groups is 5. The third kappa shape index (κ3) is 11.0. The van der Waals surface area contributed by atoms with Crippen molar-refractivity contribution < 1.29 is 47.3 Å². The molecule has 3 rings (SSSR count). The number of amides is 3. The number of benzene rings is 1. The number of hydrogen-bond donors (Lipinski definition) is 5. The Labute approximate surface area is 286 Å². The summed E-state index contributed by atoms with van der Waals surface area (Å²) in [6, 6.07) is 7.71. The summed E-state index contributed by atoms with van der Waals surface area (Å²) in [6.45, 7) is 7.39. The summed E-state index contributed by atoms with van der Waals surface area (Å²) in [7, 11) is 0. The number of aliphatic hydroxyl groups is 1. The van der Waals surface area contributed by atoms with Crippen molar-refractivity contribution in [3.63, 3.8) is 0 Å². The number of nitrogens with zero attached hydrogens (tertiary/aromatic N) is 2. The minimum absolute atomic E-state index is 0.0697. The van der Waals surface area contributed by atoms with Crippen LogP contribution in [0.25, 0.3) is 0 Å². The number of carbonyl (C=O) groups excluding carboxylic acids is 5. The molecule has 1 aromatic carbocycles. The fourth-order valence-corrected chi connectivity index (χ4v) is 4.99. The van der Waals surface area contributed by atoms with Crippen LogP contribution in [0.15, 0.2) is 59.5 Å². The van der Waals surface area contributed by atoms with E-state index in [1.165, 1.54) is 6.92 Å². The van der Waals surface area contributed by atoms with Crippen LogP contribution in [-0.4, -0.2) is 87.5 Å². The van der Waals surface area contributed by atoms with Crippen molar-refractivity contribution in [1.82, 2.24) is 25.5 Å². The first-order valence-electron chi connectivity index (χ1n) is 15.8. The Morgan fingerprint density at radius 2 is 1.78 bits per heavy atom. The van der Waals surface area contributed by atoms with Crippen molar-refractivity contribution >= 4 is 35.3 Å². The zero-order chi connectivity index (χ0) is 37.2. The molecule has 6 N–H and O–H groups in total. The summed E-state index contributed by atoms with van der Waals surface area (Å²) in [6.07, 6.45) is -6.07. The van der Waals surface area contributed by atoms with E-state index in [4.69, 9.17) is 15.2 Å². The number of Topliss-reactive ketones (excluding diaryl/α,β-unsaturated/α-hetero) is 1. The lowest BCUT2D eigenvalue weighted by Gasteiger charge is -2.24. The summed E-state index contributed by atoms with van der Waals surface area (Å²) in [5.41, 5.74) is 5.17. The average molecular weight is 705 g/mol. The lowest BCUT2D eigenvalue weighted by Crippen LogP contribution is -2.54. The van der Waals surface area contributed by atoms with Gasteiger partial charge in [-0.05, 0) is 30.9 Å². The van der Waals surface area contributed by atoms with Crippen LogP contribution in [-0.2, 0) is 39.9 Å². The van der Waals surface area contributed by atoms with Gasteiger partial charge >= 0.3 is 17.6 Å². The highest BCUT2D eigenvalue weighted by atomic mass is 19.3. The fourth-order valence-electron chi connectivity index (χ4n) is 4.99. The van der Waals surface area contributed by atoms with Gasteiger partial charge in [-0.2, -0.15) is 13.8 Å². The van der Waals surface area contributed by atoms with Gasteiger partial charge in [0.25, 0.3) is 0 Å². The molecule has 0 radical (unpaired) electrons. The van der Waals surface area contributed by atoms with Gasteiger partial charge in [-0.3, -0.25) is 28.5 Å². The number of esters is 1. The Balaban J connectivity index is 1.61. The predicted molar refractivity (Wildman–Crippen MR) is 174 cm³/mol. The fraction of sp³-hybridized carbons (Fsp3) is 0.485. The Morgan fingerprint density at radius 3 is 2.40 bits per heavy atom. The highest BCUT2D eigenvalue weighted by Gasteiger charge is 2.60. The van der Waals surface area contributed by atoms with Gasteiger partial charge in [-0.15, -0.1) is 0 Å². The number of ether oxygens (including phenoxy) is 2. The largest absolute Gasteiger partial charge is 0.463 e. The lowest BCUT2D eigenvalue weighted by molar-refractivity contribution is -0.151. The van der Waals surface area contributed by atoms with Gasteiger partial charge < -0.3 is 36.3 Å². The molecule has 50 heavy (non-hydrogen) atoms. The van der Waals surface area contributed by atoms with Crippen molar-refractivity contribution in [3.05, 3.63) is 70.8 Å². The molecular weight excluding hydrogens is 662 g/mol. The van der Waals surface area contributed by atoms with Crippen molar-refractivity contribution in [1.29, 1.82) is 0 Å². The number of aromatic nitrogens is 2. The molecule has 3 amide bonds. The van der Waals surface area contributed by atoms with E-state index in [-0.39, 0.29) is 30.2 Å². The minimum atomic E-state index is -3.95. The van der Waals surface area contributed by atoms with Crippen LogP contribution in [0.3, 0.4) is 0 Å². The zero-order valence-electron chi connectivity index (χ0n) is 27.9. The molecule has 17 heteroatoms. The Kier molecular flexibility index (Phi) is 13.9. The second-order valence-electron chi connectivity index (χ2n) is 12.3. The van der Waals surface area contributed by atoms with Crippen LogP contribution in [0.5, 0.6) is 0 Å². The number of hydrogen-bond acceptors (Lipinski definition) is 11. The topological polar surface area (TPSA) is 221 Å². The Bertz CT molecular complexity index is 1620. The van der Waals surface area contributed by atoms with Gasteiger partial charge in [0.05, 0.1) is 19.0 Å². The van der Waals surface area contributed by atoms with E-state index in [0.29, 0.717) is 10.1 Å². The van der Waals surface area contributed by atoms with E-state index in [9.17, 15) is 42.7 Å². The molecule has 2 aromatic rings. The summed E-state index contributed by atoms with van der Waals surface area (Å²) in [5, 5.41) is 17.8. The van der Waals surface area contributed by atoms with Crippen molar-refractivity contribution in [2.24, 2.45) is 5.92 Å². The monoisotopic (exact) mass is 704 g/mol. The standard InChI is InChI=1S/C33H42F2N6O9/c1-18(2)14-21(39-30(47)22(15-20-8-6-5-7-9-20)38-26(43)16-37-29(46)19(3)4)23(42)10-11-27(44)49-17-24-28(45)33(34,35)31(50-24)41-13-12-25(36)40-32(41)48/h5-9,12-13,18,21-22,24,28,31,45H,3,10-11,14-17H2,1-2,4H3,(H,37,46)(H,38,43)(H,39,47)(H2,36,40,48)/t21?,22?,24-,28?,31?/m0/s1. The molecule has 0 saturated carbocycles. The number of anilines is 1. The second-order valence-corrected chi connectivity index (χ2v) is 12.3. The summed E-state index contributed by atoms with van der Waals surface area (Å²) in [5.74, 6) is -7.58. The maximum absolute atomic E-state index is 14.8. The summed E-state index contributed by atoms with van der Waals surface area (Å²) < 4.78 is 40.2. The van der Waals surface area contributed by atoms with Crippen molar-refractivity contribution in [2.75, 3.05) is 18.9 Å². The molecule has 1 saturated heterocycles. The van der Waals surface area contributed by atoms with Gasteiger partial charge in [0.2, 0.25) is 23.9 Å². The van der Waals surface area contributed by atoms with Crippen LogP contribution in [0, 0.1) is 5.92 Å². The Morgan fingerprint density at radius 1 is 1.10 bits per heavy atom. The molecule has 1 aliphatic heterocycles. The van der Waals surface area contributed by atoms with Crippen LogP contribution in [0.4, 0.5) is 14.6 Å². The van der Waals surface area contributed by atoms with Crippen LogP contribution in [0.2, 0.25) is 0 Å². The molecule has 1 fully saturated rings. The first kappa shape index (κ1) is 39.4. The van der Waals surface area contributed by atoms with Gasteiger partial charge in [0.1, 0.15) is 24.6 Å². The van der Waals surface area contributed by atoms with E-state index in [0.717, 1.165) is 12.3 Å². The molecule has 1 aliphatic rings. The first-order chi connectivity index (χ1) is 23.5. The second kappa shape index (κ2) is 17.6. The smallest absolute Gasteiger partial charge is 0.351 e. The molecule has 0 spiro atoms. The third-order valence-corrected chi connectivity index (χ3v) is 7.61. The number of nitrogens with two attached hydrogens (primary N) is 1. The molecule has 1 aromatic heterocycles. The third-order valence-electron chi connectivity index (χ3n) is 7.61. The minimum Gasteiger partial charge on any atom is -0.463 e. The van der Waals surface area contributed by atoms with Gasteiger partial charge in [-0.1, -0.05) is 50.8 Å². The zero-order valence-corrected chi connectivity index (χ0v) is 27.9. The Hall–Kier alpha value is -5.03. The summed E-state index contributed by atoms with van der Waals surface area (Å²) >= 11 is 0. The molecule has 2 heterocycles. The van der Waals surface area contributed by atoms with Gasteiger partial charge in [0, 0.05) is 24.6 Å². The normalized spacial score (nSPS) is 19.2. The quantitative estimate of drug-likeness (QED) is 0.113. The van der Waals surface area contributed by atoms with Crippen LogP contribution < -0.4 is 27.4 Å². The lowest BCUT2D eigenvalue weighted by atomic mass is 9.96. The van der Waals surface area contributed by atoms with Crippen LogP contribution >= 0.6 is 0 Å². The number of halogens is 2. The molecule has 0 aliphatic carbocycles. The number of ketones is 1. The molecule has 5 atom stereocenters. The number of rotatable bonds is 17. The van der Waals surface area contributed by atoms with Crippen molar-refractivity contribution in [3.8, 4) is 0 Å². The van der Waals surface area contributed by atoms with Gasteiger partial charge in [-0.25, -0.2) is 4.79 Å². The highest BCUT2D eigenvalue weighted by molar-refractivity contribution is 5.96. The van der Waals surface area contributed by atoms with E-state index in [2.05, 4.69) is 27.5 Å². The van der Waals surface area contributed by atoms with E-state index < -0.39 is 97.6 Å². The maximum Gasteiger partial charge on any atom is 0.351 e. The summed E-state index contributed by atoms with van der Waals surface area (Å²) in [4.78, 5) is 79.1. The number of alkyl halides is 2. The van der Waals surface area contributed by atoms with Crippen molar-refractivity contribution in [2.45, 2.75) is 82.9 Å².